The molecule has 0 fully saturated rings. The predicted molar refractivity (Wildman–Crippen MR) is 99.8 cm³/mol. The smallest absolute Gasteiger partial charge is 0.296 e. The van der Waals surface area contributed by atoms with Crippen LogP contribution in [0, 0.1) is 6.92 Å². The van der Waals surface area contributed by atoms with E-state index in [1.165, 1.54) is 10.2 Å². The second-order valence-electron chi connectivity index (χ2n) is 6.09. The molecule has 0 atom stereocenters. The summed E-state index contributed by atoms with van der Waals surface area (Å²) < 4.78 is 8.69. The van der Waals surface area contributed by atoms with E-state index in [1.807, 2.05) is 24.3 Å². The number of methoxy groups -OCH3 is 1. The molecule has 4 aromatic rings. The first-order chi connectivity index (χ1) is 12.1. The number of rotatable bonds is 3. The zero-order valence-electron chi connectivity index (χ0n) is 14.5. The Morgan fingerprint density at radius 2 is 1.84 bits per heavy atom. The third-order valence-electron chi connectivity index (χ3n) is 4.59. The molecule has 2 heterocycles. The summed E-state index contributed by atoms with van der Waals surface area (Å²) in [5.41, 5.74) is 3.53. The minimum Gasteiger partial charge on any atom is -0.497 e. The van der Waals surface area contributed by atoms with Gasteiger partial charge in [0.15, 0.2) is 0 Å². The fraction of sp³-hybridized carbons (Fsp3) is 0.200. The minimum absolute atomic E-state index is 0.113. The Balaban J connectivity index is 2.04. The van der Waals surface area contributed by atoms with E-state index in [2.05, 4.69) is 41.7 Å². The monoisotopic (exact) mass is 333 g/mol. The number of aryl methyl sites for hydroxylation is 2. The average molecular weight is 333 g/mol. The summed E-state index contributed by atoms with van der Waals surface area (Å²) in [6.07, 6.45) is 1.79. The molecule has 0 N–H and O–H groups in total. The van der Waals surface area contributed by atoms with Crippen molar-refractivity contribution >= 4 is 21.8 Å². The van der Waals surface area contributed by atoms with Gasteiger partial charge in [-0.25, -0.2) is 0 Å². The predicted octanol–water partition coefficient (Wildman–Crippen LogP) is 3.68. The van der Waals surface area contributed by atoms with Crippen LogP contribution in [0.1, 0.15) is 12.5 Å². The summed E-state index contributed by atoms with van der Waals surface area (Å²) >= 11 is 0. The minimum atomic E-state index is -0.113. The largest absolute Gasteiger partial charge is 0.497 e. The lowest BCUT2D eigenvalue weighted by Crippen LogP contribution is -2.22. The number of aromatic nitrogens is 3. The standard InChI is InChI=1S/C20H19N3O2/c1-4-22-18-10-5-13(2)11-16(18)17-12-21-23(20(24)19(17)22)14-6-8-15(25-3)9-7-14/h5-12H,4H2,1-3H3. The van der Waals surface area contributed by atoms with Crippen molar-refractivity contribution in [3.63, 3.8) is 0 Å². The molecule has 0 spiro atoms. The van der Waals surface area contributed by atoms with Gasteiger partial charge in [0.2, 0.25) is 0 Å². The molecule has 5 heteroatoms. The lowest BCUT2D eigenvalue weighted by molar-refractivity contribution is 0.414. The van der Waals surface area contributed by atoms with Gasteiger partial charge in [-0.15, -0.1) is 0 Å². The van der Waals surface area contributed by atoms with E-state index < -0.39 is 0 Å². The second kappa shape index (κ2) is 5.77. The molecule has 4 rings (SSSR count). The highest BCUT2D eigenvalue weighted by atomic mass is 16.5. The zero-order chi connectivity index (χ0) is 17.6. The lowest BCUT2D eigenvalue weighted by atomic mass is 10.1. The SMILES string of the molecule is CCn1c2ccc(C)cc2c2cnn(-c3ccc(OC)cc3)c(=O)c21. The van der Waals surface area contributed by atoms with E-state index in [9.17, 15) is 4.79 Å². The van der Waals surface area contributed by atoms with E-state index in [0.29, 0.717) is 5.52 Å². The molecule has 0 aliphatic heterocycles. The Hall–Kier alpha value is -3.08. The molecule has 0 aliphatic carbocycles. The molecule has 0 bridgehead atoms. The Morgan fingerprint density at radius 3 is 2.52 bits per heavy atom. The first-order valence-electron chi connectivity index (χ1n) is 8.29. The topological polar surface area (TPSA) is 49.0 Å². The van der Waals surface area contributed by atoms with E-state index in [0.717, 1.165) is 34.3 Å². The number of nitrogens with zero attached hydrogens (tertiary/aromatic N) is 3. The highest BCUT2D eigenvalue weighted by molar-refractivity contribution is 6.07. The van der Waals surface area contributed by atoms with E-state index >= 15 is 0 Å². The average Bonchev–Trinajstić information content (AvgIpc) is 2.96. The zero-order valence-corrected chi connectivity index (χ0v) is 14.5. The number of benzene rings is 2. The van der Waals surface area contributed by atoms with Crippen molar-refractivity contribution in [2.24, 2.45) is 0 Å². The van der Waals surface area contributed by atoms with E-state index in [4.69, 9.17) is 4.74 Å². The summed E-state index contributed by atoms with van der Waals surface area (Å²) in [5.74, 6) is 0.746. The number of ether oxygens (including phenoxy) is 1. The quantitative estimate of drug-likeness (QED) is 0.575. The Labute approximate surface area is 145 Å². The molecule has 2 aromatic heterocycles. The van der Waals surface area contributed by atoms with Gasteiger partial charge >= 0.3 is 0 Å². The lowest BCUT2D eigenvalue weighted by Gasteiger charge is -2.07. The highest BCUT2D eigenvalue weighted by Gasteiger charge is 2.15. The van der Waals surface area contributed by atoms with Gasteiger partial charge in [-0.3, -0.25) is 4.79 Å². The van der Waals surface area contributed by atoms with Gasteiger partial charge in [-0.05, 0) is 50.2 Å². The van der Waals surface area contributed by atoms with Crippen LogP contribution in [0.5, 0.6) is 5.75 Å². The van der Waals surface area contributed by atoms with Crippen molar-refractivity contribution in [3.8, 4) is 11.4 Å². The van der Waals surface area contributed by atoms with Crippen LogP contribution >= 0.6 is 0 Å². The highest BCUT2D eigenvalue weighted by Crippen LogP contribution is 2.27. The number of hydrogen-bond acceptors (Lipinski definition) is 3. The summed E-state index contributed by atoms with van der Waals surface area (Å²) in [5, 5.41) is 6.38. The fourth-order valence-electron chi connectivity index (χ4n) is 3.36. The molecule has 0 aliphatic rings. The van der Waals surface area contributed by atoms with Crippen molar-refractivity contribution in [1.29, 1.82) is 0 Å². The molecule has 0 saturated carbocycles. The third kappa shape index (κ3) is 2.31. The molecular formula is C20H19N3O2. The maximum Gasteiger partial charge on any atom is 0.296 e. The molecule has 0 saturated heterocycles. The van der Waals surface area contributed by atoms with Crippen LogP contribution in [0.2, 0.25) is 0 Å². The fourth-order valence-corrected chi connectivity index (χ4v) is 3.36. The van der Waals surface area contributed by atoms with Gasteiger partial charge in [-0.1, -0.05) is 11.6 Å². The maximum atomic E-state index is 13.2. The van der Waals surface area contributed by atoms with Gasteiger partial charge in [0.05, 0.1) is 19.0 Å². The van der Waals surface area contributed by atoms with Crippen molar-refractivity contribution < 1.29 is 4.74 Å². The van der Waals surface area contributed by atoms with Crippen LogP contribution in [0.15, 0.2) is 53.5 Å². The summed E-state index contributed by atoms with van der Waals surface area (Å²) in [7, 11) is 1.62. The Bertz CT molecular complexity index is 1140. The molecule has 5 nitrogen and oxygen atoms in total. The Morgan fingerprint density at radius 1 is 1.08 bits per heavy atom. The molecule has 126 valence electrons. The van der Waals surface area contributed by atoms with Crippen LogP contribution in [0.3, 0.4) is 0 Å². The summed E-state index contributed by atoms with van der Waals surface area (Å²) in [6, 6.07) is 13.6. The van der Waals surface area contributed by atoms with E-state index in [1.54, 1.807) is 13.3 Å². The Kier molecular flexibility index (Phi) is 3.57. The normalized spacial score (nSPS) is 11.3. The van der Waals surface area contributed by atoms with Gasteiger partial charge in [0, 0.05) is 22.8 Å². The first kappa shape index (κ1) is 15.4. The summed E-state index contributed by atoms with van der Waals surface area (Å²) in [6.45, 7) is 4.84. The van der Waals surface area contributed by atoms with Gasteiger partial charge < -0.3 is 9.30 Å². The molecule has 25 heavy (non-hydrogen) atoms. The molecule has 0 unspecified atom stereocenters. The van der Waals surface area contributed by atoms with Crippen LogP contribution in [-0.4, -0.2) is 21.5 Å². The molecule has 0 amide bonds. The third-order valence-corrected chi connectivity index (χ3v) is 4.59. The van der Waals surface area contributed by atoms with Crippen molar-refractivity contribution in [2.45, 2.75) is 20.4 Å². The number of fused-ring (bicyclic) bond motifs is 3. The number of hydrogen-bond donors (Lipinski definition) is 0. The van der Waals surface area contributed by atoms with Crippen LogP contribution in [-0.2, 0) is 6.54 Å². The van der Waals surface area contributed by atoms with Crippen LogP contribution in [0.25, 0.3) is 27.5 Å². The summed E-state index contributed by atoms with van der Waals surface area (Å²) in [4.78, 5) is 13.2. The maximum absolute atomic E-state index is 13.2. The van der Waals surface area contributed by atoms with Gasteiger partial charge in [0.1, 0.15) is 11.3 Å². The van der Waals surface area contributed by atoms with Crippen LogP contribution < -0.4 is 10.3 Å². The molecular weight excluding hydrogens is 314 g/mol. The molecule has 2 aromatic carbocycles. The van der Waals surface area contributed by atoms with Crippen molar-refractivity contribution in [3.05, 3.63) is 64.6 Å². The molecule has 0 radical (unpaired) electrons. The van der Waals surface area contributed by atoms with Gasteiger partial charge in [0.25, 0.3) is 5.56 Å². The van der Waals surface area contributed by atoms with Gasteiger partial charge in [-0.2, -0.15) is 9.78 Å². The second-order valence-corrected chi connectivity index (χ2v) is 6.09. The first-order valence-corrected chi connectivity index (χ1v) is 8.29. The van der Waals surface area contributed by atoms with E-state index in [-0.39, 0.29) is 5.56 Å². The van der Waals surface area contributed by atoms with Crippen LogP contribution in [0.4, 0.5) is 0 Å². The van der Waals surface area contributed by atoms with Crippen molar-refractivity contribution in [1.82, 2.24) is 14.3 Å². The van der Waals surface area contributed by atoms with Crippen molar-refractivity contribution in [2.75, 3.05) is 7.11 Å².